The molecule has 35 heavy (non-hydrogen) atoms. The van der Waals surface area contributed by atoms with E-state index in [1.165, 1.54) is 0 Å². The summed E-state index contributed by atoms with van der Waals surface area (Å²) in [6.07, 6.45) is 0. The zero-order valence-electron chi connectivity index (χ0n) is 18.7. The van der Waals surface area contributed by atoms with Crippen molar-refractivity contribution in [1.82, 2.24) is 4.57 Å². The van der Waals surface area contributed by atoms with Gasteiger partial charge in [0.1, 0.15) is 22.3 Å². The third-order valence-corrected chi connectivity index (χ3v) is 7.00. The third-order valence-electron chi connectivity index (χ3n) is 7.00. The fourth-order valence-electron chi connectivity index (χ4n) is 5.42. The van der Waals surface area contributed by atoms with Crippen LogP contribution in [0.15, 0.2) is 124 Å². The van der Waals surface area contributed by atoms with Crippen molar-refractivity contribution in [1.29, 1.82) is 0 Å². The summed E-state index contributed by atoms with van der Waals surface area (Å²) in [5.41, 5.74) is 9.34. The SMILES string of the molecule is c1cc(-c2ccc3oc4ccccc4c3c2)cc(-n2c3ccccc3c3oc4ccccc4c32)c1. The number of para-hydroxylation sites is 3. The molecule has 164 valence electrons. The molecular weight excluding hydrogens is 430 g/mol. The molecule has 8 aromatic rings. The minimum absolute atomic E-state index is 0.908. The maximum absolute atomic E-state index is 6.33. The van der Waals surface area contributed by atoms with Gasteiger partial charge in [0.2, 0.25) is 0 Å². The zero-order valence-corrected chi connectivity index (χ0v) is 18.7. The Morgan fingerprint density at radius 2 is 1.14 bits per heavy atom. The van der Waals surface area contributed by atoms with E-state index in [2.05, 4.69) is 95.6 Å². The van der Waals surface area contributed by atoms with Gasteiger partial charge in [-0.15, -0.1) is 0 Å². The largest absolute Gasteiger partial charge is 0.456 e. The lowest BCUT2D eigenvalue weighted by atomic mass is 10.0. The summed E-state index contributed by atoms with van der Waals surface area (Å²) in [5, 5.41) is 4.52. The van der Waals surface area contributed by atoms with Crippen LogP contribution in [0.3, 0.4) is 0 Å². The molecule has 8 rings (SSSR count). The molecule has 0 amide bonds. The minimum atomic E-state index is 0.908. The van der Waals surface area contributed by atoms with E-state index in [1.54, 1.807) is 0 Å². The predicted molar refractivity (Wildman–Crippen MR) is 143 cm³/mol. The van der Waals surface area contributed by atoms with E-state index in [1.807, 2.05) is 24.3 Å². The van der Waals surface area contributed by atoms with Crippen LogP contribution in [0.1, 0.15) is 0 Å². The standard InChI is InChI=1S/C32H19NO2/c1-4-13-27-24(11-1)32-31(25-12-3-6-15-29(25)35-32)33(27)22-9-7-8-20(18-22)21-16-17-30-26(19-21)23-10-2-5-14-28(23)34-30/h1-19H. The van der Waals surface area contributed by atoms with Gasteiger partial charge < -0.3 is 13.4 Å². The Bertz CT molecular complexity index is 2060. The molecule has 0 saturated heterocycles. The topological polar surface area (TPSA) is 31.2 Å². The maximum atomic E-state index is 6.33. The highest BCUT2D eigenvalue weighted by molar-refractivity contribution is 6.16. The summed E-state index contributed by atoms with van der Waals surface area (Å²) in [5.74, 6) is 0. The third kappa shape index (κ3) is 2.61. The summed E-state index contributed by atoms with van der Waals surface area (Å²) in [7, 11) is 0. The number of hydrogen-bond acceptors (Lipinski definition) is 2. The van der Waals surface area contributed by atoms with Gasteiger partial charge in [-0.2, -0.15) is 0 Å². The Balaban J connectivity index is 1.39. The van der Waals surface area contributed by atoms with Crippen molar-refractivity contribution < 1.29 is 8.83 Å². The van der Waals surface area contributed by atoms with Gasteiger partial charge in [0.05, 0.1) is 5.52 Å². The summed E-state index contributed by atoms with van der Waals surface area (Å²) in [6.45, 7) is 0. The van der Waals surface area contributed by atoms with Crippen LogP contribution in [0.25, 0.3) is 71.7 Å². The Morgan fingerprint density at radius 3 is 2.03 bits per heavy atom. The molecule has 3 aromatic heterocycles. The molecule has 0 spiro atoms. The molecule has 0 aliphatic heterocycles. The van der Waals surface area contributed by atoms with Crippen LogP contribution in [-0.4, -0.2) is 4.57 Å². The fourth-order valence-corrected chi connectivity index (χ4v) is 5.42. The second kappa shape index (κ2) is 6.87. The molecule has 0 atom stereocenters. The van der Waals surface area contributed by atoms with E-state index in [-0.39, 0.29) is 0 Å². The molecule has 3 heteroatoms. The van der Waals surface area contributed by atoms with Crippen LogP contribution in [0.2, 0.25) is 0 Å². The van der Waals surface area contributed by atoms with Crippen molar-refractivity contribution in [2.75, 3.05) is 0 Å². The van der Waals surface area contributed by atoms with E-state index >= 15 is 0 Å². The van der Waals surface area contributed by atoms with E-state index in [0.29, 0.717) is 0 Å². The fraction of sp³-hybridized carbons (Fsp3) is 0. The van der Waals surface area contributed by atoms with Gasteiger partial charge >= 0.3 is 0 Å². The Labute approximate surface area is 200 Å². The van der Waals surface area contributed by atoms with Crippen LogP contribution >= 0.6 is 0 Å². The van der Waals surface area contributed by atoms with E-state index in [0.717, 1.165) is 71.7 Å². The van der Waals surface area contributed by atoms with Crippen molar-refractivity contribution in [3.63, 3.8) is 0 Å². The molecular formula is C32H19NO2. The zero-order chi connectivity index (χ0) is 22.9. The maximum Gasteiger partial charge on any atom is 0.161 e. The molecule has 0 fully saturated rings. The van der Waals surface area contributed by atoms with Gasteiger partial charge in [0.25, 0.3) is 0 Å². The lowest BCUT2D eigenvalue weighted by Crippen LogP contribution is -1.94. The molecule has 5 aromatic carbocycles. The first-order valence-electron chi connectivity index (χ1n) is 11.8. The molecule has 0 saturated carbocycles. The normalized spacial score (nSPS) is 12.0. The van der Waals surface area contributed by atoms with Gasteiger partial charge in [0.15, 0.2) is 5.58 Å². The highest BCUT2D eigenvalue weighted by atomic mass is 16.3. The number of hydrogen-bond donors (Lipinski definition) is 0. The first-order chi connectivity index (χ1) is 17.3. The van der Waals surface area contributed by atoms with Crippen molar-refractivity contribution in [3.8, 4) is 16.8 Å². The summed E-state index contributed by atoms with van der Waals surface area (Å²) < 4.78 is 14.7. The average molecular weight is 450 g/mol. The van der Waals surface area contributed by atoms with Crippen molar-refractivity contribution in [2.24, 2.45) is 0 Å². The lowest BCUT2D eigenvalue weighted by Gasteiger charge is -2.10. The molecule has 3 nitrogen and oxygen atoms in total. The van der Waals surface area contributed by atoms with Crippen LogP contribution in [0.5, 0.6) is 0 Å². The van der Waals surface area contributed by atoms with Crippen LogP contribution in [0.4, 0.5) is 0 Å². The minimum Gasteiger partial charge on any atom is -0.456 e. The molecule has 0 aliphatic rings. The van der Waals surface area contributed by atoms with Gasteiger partial charge in [-0.1, -0.05) is 60.7 Å². The Morgan fingerprint density at radius 1 is 0.457 bits per heavy atom. The quantitative estimate of drug-likeness (QED) is 0.263. The van der Waals surface area contributed by atoms with E-state index < -0.39 is 0 Å². The summed E-state index contributed by atoms with van der Waals surface area (Å²) in [6, 6.07) is 40.1. The van der Waals surface area contributed by atoms with Crippen LogP contribution < -0.4 is 0 Å². The second-order valence-corrected chi connectivity index (χ2v) is 8.99. The Hall–Kier alpha value is -4.76. The highest BCUT2D eigenvalue weighted by Gasteiger charge is 2.19. The number of rotatable bonds is 2. The summed E-state index contributed by atoms with van der Waals surface area (Å²) in [4.78, 5) is 0. The number of benzene rings is 5. The molecule has 0 aliphatic carbocycles. The molecule has 0 radical (unpaired) electrons. The summed E-state index contributed by atoms with van der Waals surface area (Å²) >= 11 is 0. The molecule has 0 unspecified atom stereocenters. The Kier molecular flexibility index (Phi) is 3.66. The van der Waals surface area contributed by atoms with E-state index in [9.17, 15) is 0 Å². The molecule has 0 N–H and O–H groups in total. The van der Waals surface area contributed by atoms with E-state index in [4.69, 9.17) is 8.83 Å². The first-order valence-corrected chi connectivity index (χ1v) is 11.8. The number of nitrogens with zero attached hydrogens (tertiary/aromatic N) is 1. The van der Waals surface area contributed by atoms with Crippen molar-refractivity contribution >= 4 is 54.9 Å². The second-order valence-electron chi connectivity index (χ2n) is 8.99. The molecule has 3 heterocycles. The van der Waals surface area contributed by atoms with Gasteiger partial charge in [-0.05, 0) is 65.7 Å². The number of fused-ring (bicyclic) bond motifs is 8. The monoisotopic (exact) mass is 449 g/mol. The lowest BCUT2D eigenvalue weighted by molar-refractivity contribution is 0.669. The predicted octanol–water partition coefficient (Wildman–Crippen LogP) is 9.10. The van der Waals surface area contributed by atoms with Gasteiger partial charge in [-0.25, -0.2) is 0 Å². The van der Waals surface area contributed by atoms with Gasteiger partial charge in [-0.3, -0.25) is 0 Å². The average Bonchev–Trinajstić information content (AvgIpc) is 3.57. The van der Waals surface area contributed by atoms with Crippen LogP contribution in [-0.2, 0) is 0 Å². The number of furan rings is 2. The van der Waals surface area contributed by atoms with Gasteiger partial charge in [0, 0.05) is 27.2 Å². The number of aromatic nitrogens is 1. The smallest absolute Gasteiger partial charge is 0.161 e. The first kappa shape index (κ1) is 18.6. The highest BCUT2D eigenvalue weighted by Crippen LogP contribution is 2.39. The molecule has 0 bridgehead atoms. The van der Waals surface area contributed by atoms with Crippen LogP contribution in [0, 0.1) is 0 Å². The van der Waals surface area contributed by atoms with Crippen molar-refractivity contribution in [2.45, 2.75) is 0 Å². The van der Waals surface area contributed by atoms with Crippen molar-refractivity contribution in [3.05, 3.63) is 115 Å².